The SMILES string of the molecule is CCCc1nc(C2CN(C(=O)Cc3ccn(C(C)C)n3)CCO2)n[nH]1. The van der Waals surface area contributed by atoms with Crippen LogP contribution in [-0.2, 0) is 22.4 Å². The van der Waals surface area contributed by atoms with Gasteiger partial charge in [0.1, 0.15) is 11.9 Å². The van der Waals surface area contributed by atoms with E-state index in [1.165, 1.54) is 0 Å². The summed E-state index contributed by atoms with van der Waals surface area (Å²) in [6.07, 6.45) is 3.82. The second-order valence-corrected chi connectivity index (χ2v) is 6.65. The van der Waals surface area contributed by atoms with Crippen molar-refractivity contribution in [1.82, 2.24) is 29.9 Å². The highest BCUT2D eigenvalue weighted by molar-refractivity contribution is 5.78. The van der Waals surface area contributed by atoms with Crippen LogP contribution in [0, 0.1) is 0 Å². The standard InChI is InChI=1S/C17H26N6O2/c1-4-5-15-18-17(20-19-15)14-11-22(8-9-25-14)16(24)10-13-6-7-23(21-13)12(2)3/h6-7,12,14H,4-5,8-11H2,1-3H3,(H,18,19,20). The van der Waals surface area contributed by atoms with Crippen molar-refractivity contribution in [2.45, 2.75) is 52.2 Å². The van der Waals surface area contributed by atoms with Crippen LogP contribution in [0.5, 0.6) is 0 Å². The Labute approximate surface area is 147 Å². The van der Waals surface area contributed by atoms with Crippen LogP contribution in [0.2, 0.25) is 0 Å². The molecule has 1 aliphatic heterocycles. The number of aromatic nitrogens is 5. The van der Waals surface area contributed by atoms with Gasteiger partial charge in [-0.1, -0.05) is 6.92 Å². The van der Waals surface area contributed by atoms with Crippen molar-refractivity contribution >= 4 is 5.91 Å². The molecule has 1 N–H and O–H groups in total. The summed E-state index contributed by atoms with van der Waals surface area (Å²) in [5, 5.41) is 11.6. The first-order chi connectivity index (χ1) is 12.1. The highest BCUT2D eigenvalue weighted by Crippen LogP contribution is 2.20. The fraction of sp³-hybridized carbons (Fsp3) is 0.647. The molecule has 1 unspecified atom stereocenters. The Morgan fingerprint density at radius 2 is 2.32 bits per heavy atom. The molecular weight excluding hydrogens is 320 g/mol. The topological polar surface area (TPSA) is 88.9 Å². The Morgan fingerprint density at radius 3 is 3.04 bits per heavy atom. The van der Waals surface area contributed by atoms with E-state index in [1.807, 2.05) is 21.8 Å². The zero-order chi connectivity index (χ0) is 17.8. The van der Waals surface area contributed by atoms with Crippen LogP contribution >= 0.6 is 0 Å². The van der Waals surface area contributed by atoms with Crippen molar-refractivity contribution in [3.63, 3.8) is 0 Å². The molecule has 1 amide bonds. The van der Waals surface area contributed by atoms with Gasteiger partial charge in [-0.2, -0.15) is 10.2 Å². The van der Waals surface area contributed by atoms with Crippen molar-refractivity contribution in [3.05, 3.63) is 29.6 Å². The smallest absolute Gasteiger partial charge is 0.228 e. The quantitative estimate of drug-likeness (QED) is 0.859. The minimum atomic E-state index is -0.271. The zero-order valence-electron chi connectivity index (χ0n) is 15.1. The monoisotopic (exact) mass is 346 g/mol. The molecule has 1 aliphatic rings. The van der Waals surface area contributed by atoms with Gasteiger partial charge in [0.2, 0.25) is 5.91 Å². The number of hydrogen-bond acceptors (Lipinski definition) is 5. The van der Waals surface area contributed by atoms with Crippen LogP contribution < -0.4 is 0 Å². The molecule has 0 saturated carbocycles. The van der Waals surface area contributed by atoms with E-state index >= 15 is 0 Å². The number of aryl methyl sites for hydroxylation is 1. The number of hydrogen-bond donors (Lipinski definition) is 1. The lowest BCUT2D eigenvalue weighted by atomic mass is 10.2. The van der Waals surface area contributed by atoms with Gasteiger partial charge in [0.25, 0.3) is 0 Å². The molecule has 1 saturated heterocycles. The molecule has 2 aromatic rings. The largest absolute Gasteiger partial charge is 0.366 e. The van der Waals surface area contributed by atoms with Gasteiger partial charge in [-0.05, 0) is 26.3 Å². The molecule has 0 radical (unpaired) electrons. The second kappa shape index (κ2) is 7.77. The van der Waals surface area contributed by atoms with E-state index < -0.39 is 0 Å². The average molecular weight is 346 g/mol. The van der Waals surface area contributed by atoms with Gasteiger partial charge in [-0.15, -0.1) is 0 Å². The third kappa shape index (κ3) is 4.25. The maximum absolute atomic E-state index is 12.6. The molecule has 2 aromatic heterocycles. The summed E-state index contributed by atoms with van der Waals surface area (Å²) in [6, 6.07) is 2.20. The van der Waals surface area contributed by atoms with E-state index in [-0.39, 0.29) is 12.0 Å². The van der Waals surface area contributed by atoms with Gasteiger partial charge in [0.05, 0.1) is 25.3 Å². The average Bonchev–Trinajstić information content (AvgIpc) is 3.25. The molecular formula is C17H26N6O2. The zero-order valence-corrected chi connectivity index (χ0v) is 15.1. The van der Waals surface area contributed by atoms with Gasteiger partial charge in [-0.3, -0.25) is 14.6 Å². The molecule has 0 aliphatic carbocycles. The molecule has 1 fully saturated rings. The number of carbonyl (C=O) groups is 1. The van der Waals surface area contributed by atoms with Crippen LogP contribution in [0.25, 0.3) is 0 Å². The first-order valence-electron chi connectivity index (χ1n) is 8.91. The van der Waals surface area contributed by atoms with Crippen molar-refractivity contribution in [1.29, 1.82) is 0 Å². The summed E-state index contributed by atoms with van der Waals surface area (Å²) in [6.45, 7) is 7.79. The van der Waals surface area contributed by atoms with Crippen LogP contribution in [0.1, 0.15) is 56.7 Å². The summed E-state index contributed by atoms with van der Waals surface area (Å²) in [5.74, 6) is 1.56. The maximum Gasteiger partial charge on any atom is 0.228 e. The number of carbonyl (C=O) groups excluding carboxylic acids is 1. The molecule has 136 valence electrons. The lowest BCUT2D eigenvalue weighted by molar-refractivity contribution is -0.138. The van der Waals surface area contributed by atoms with Crippen molar-refractivity contribution in [2.75, 3.05) is 19.7 Å². The Hall–Kier alpha value is -2.22. The lowest BCUT2D eigenvalue weighted by Gasteiger charge is -2.31. The molecule has 3 heterocycles. The van der Waals surface area contributed by atoms with Crippen molar-refractivity contribution in [3.8, 4) is 0 Å². The lowest BCUT2D eigenvalue weighted by Crippen LogP contribution is -2.43. The molecule has 8 nitrogen and oxygen atoms in total. The van der Waals surface area contributed by atoms with Gasteiger partial charge in [0.15, 0.2) is 5.82 Å². The minimum Gasteiger partial charge on any atom is -0.366 e. The second-order valence-electron chi connectivity index (χ2n) is 6.65. The van der Waals surface area contributed by atoms with Crippen LogP contribution in [0.3, 0.4) is 0 Å². The normalized spacial score (nSPS) is 18.1. The molecule has 1 atom stereocenters. The fourth-order valence-electron chi connectivity index (χ4n) is 2.86. The van der Waals surface area contributed by atoms with Crippen LogP contribution in [-0.4, -0.2) is 55.5 Å². The molecule has 8 heteroatoms. The number of nitrogens with one attached hydrogen (secondary N) is 1. The van der Waals surface area contributed by atoms with E-state index in [4.69, 9.17) is 4.74 Å². The minimum absolute atomic E-state index is 0.0617. The highest BCUT2D eigenvalue weighted by atomic mass is 16.5. The van der Waals surface area contributed by atoms with E-state index in [0.717, 1.165) is 24.4 Å². The Kier molecular flexibility index (Phi) is 5.47. The highest BCUT2D eigenvalue weighted by Gasteiger charge is 2.28. The Balaban J connectivity index is 1.60. The number of amides is 1. The van der Waals surface area contributed by atoms with Gasteiger partial charge in [-0.25, -0.2) is 4.98 Å². The molecule has 0 spiro atoms. The first kappa shape index (κ1) is 17.6. The van der Waals surface area contributed by atoms with E-state index in [0.29, 0.717) is 38.0 Å². The summed E-state index contributed by atoms with van der Waals surface area (Å²) < 4.78 is 7.63. The number of aromatic amines is 1. The van der Waals surface area contributed by atoms with Crippen LogP contribution in [0.15, 0.2) is 12.3 Å². The molecule has 25 heavy (non-hydrogen) atoms. The molecule has 0 bridgehead atoms. The Morgan fingerprint density at radius 1 is 1.48 bits per heavy atom. The first-order valence-corrected chi connectivity index (χ1v) is 8.91. The number of ether oxygens (including phenoxy) is 1. The maximum atomic E-state index is 12.6. The Bertz CT molecular complexity index is 708. The van der Waals surface area contributed by atoms with E-state index in [2.05, 4.69) is 41.1 Å². The van der Waals surface area contributed by atoms with Gasteiger partial charge < -0.3 is 9.64 Å². The molecule has 3 rings (SSSR count). The number of rotatable bonds is 6. The van der Waals surface area contributed by atoms with E-state index in [9.17, 15) is 4.79 Å². The number of morpholine rings is 1. The summed E-state index contributed by atoms with van der Waals surface area (Å²) >= 11 is 0. The predicted octanol–water partition coefficient (Wildman–Crippen LogP) is 1.68. The number of nitrogens with zero attached hydrogens (tertiary/aromatic N) is 5. The van der Waals surface area contributed by atoms with Crippen molar-refractivity contribution < 1.29 is 9.53 Å². The van der Waals surface area contributed by atoms with Gasteiger partial charge >= 0.3 is 0 Å². The number of H-pyrrole nitrogens is 1. The fourth-order valence-corrected chi connectivity index (χ4v) is 2.86. The van der Waals surface area contributed by atoms with Gasteiger partial charge in [0, 0.05) is 25.2 Å². The third-order valence-corrected chi connectivity index (χ3v) is 4.27. The predicted molar refractivity (Wildman–Crippen MR) is 92.0 cm³/mol. The summed E-state index contributed by atoms with van der Waals surface area (Å²) in [4.78, 5) is 18.9. The summed E-state index contributed by atoms with van der Waals surface area (Å²) in [7, 11) is 0. The summed E-state index contributed by atoms with van der Waals surface area (Å²) in [5.41, 5.74) is 0.796. The third-order valence-electron chi connectivity index (χ3n) is 4.27. The van der Waals surface area contributed by atoms with Crippen molar-refractivity contribution in [2.24, 2.45) is 0 Å². The van der Waals surface area contributed by atoms with E-state index in [1.54, 1.807) is 0 Å². The van der Waals surface area contributed by atoms with Crippen LogP contribution in [0.4, 0.5) is 0 Å². The molecule has 0 aromatic carbocycles.